The Morgan fingerprint density at radius 2 is 2.06 bits per heavy atom. The molecule has 4 heterocycles. The quantitative estimate of drug-likeness (QED) is 0.584. The molecular formula is C25H29N7O2S. The average Bonchev–Trinajstić information content (AvgIpc) is 3.54. The van der Waals surface area contributed by atoms with E-state index >= 15 is 0 Å². The number of aromatic nitrogens is 4. The first-order chi connectivity index (χ1) is 17.0. The van der Waals surface area contributed by atoms with Crippen LogP contribution in [0.3, 0.4) is 0 Å². The van der Waals surface area contributed by atoms with E-state index in [-0.39, 0.29) is 29.7 Å². The lowest BCUT2D eigenvalue weighted by Gasteiger charge is -2.38. The Kier molecular flexibility index (Phi) is 6.77. The van der Waals surface area contributed by atoms with Crippen LogP contribution < -0.4 is 5.32 Å². The summed E-state index contributed by atoms with van der Waals surface area (Å²) >= 11 is 1.57. The van der Waals surface area contributed by atoms with E-state index in [2.05, 4.69) is 26.7 Å². The average molecular weight is 492 g/mol. The molecule has 2 amide bonds. The maximum Gasteiger partial charge on any atom is 0.274 e. The minimum atomic E-state index is -0.274. The zero-order valence-corrected chi connectivity index (χ0v) is 20.6. The van der Waals surface area contributed by atoms with Crippen molar-refractivity contribution in [3.63, 3.8) is 0 Å². The smallest absolute Gasteiger partial charge is 0.274 e. The van der Waals surface area contributed by atoms with Gasteiger partial charge in [-0.1, -0.05) is 0 Å². The van der Waals surface area contributed by atoms with Crippen LogP contribution in [0.5, 0.6) is 0 Å². The molecule has 0 bridgehead atoms. The summed E-state index contributed by atoms with van der Waals surface area (Å²) in [4.78, 5) is 41.3. The summed E-state index contributed by atoms with van der Waals surface area (Å²) < 4.78 is 1.73. The van der Waals surface area contributed by atoms with Gasteiger partial charge in [-0.25, -0.2) is 15.0 Å². The van der Waals surface area contributed by atoms with Crippen LogP contribution in [0.2, 0.25) is 0 Å². The zero-order chi connectivity index (χ0) is 24.4. The largest absolute Gasteiger partial charge is 0.349 e. The molecule has 1 saturated carbocycles. The number of nitrogens with one attached hydrogen (secondary N) is 1. The Hall–Kier alpha value is -3.32. The fourth-order valence-electron chi connectivity index (χ4n) is 5.27. The topological polar surface area (TPSA) is 116 Å². The fourth-order valence-corrected chi connectivity index (χ4v) is 6.08. The predicted molar refractivity (Wildman–Crippen MR) is 130 cm³/mol. The third-order valence-electron chi connectivity index (χ3n) is 7.35. The van der Waals surface area contributed by atoms with Crippen molar-refractivity contribution in [3.05, 3.63) is 46.4 Å². The number of amides is 2. The molecule has 0 radical (unpaired) electrons. The van der Waals surface area contributed by atoms with Gasteiger partial charge in [-0.15, -0.1) is 11.3 Å². The summed E-state index contributed by atoms with van der Waals surface area (Å²) in [6.45, 7) is 2.94. The van der Waals surface area contributed by atoms with Crippen molar-refractivity contribution in [2.24, 2.45) is 11.8 Å². The maximum atomic E-state index is 13.2. The molecule has 2 fully saturated rings. The molecule has 1 aliphatic heterocycles. The normalized spacial score (nSPS) is 24.7. The molecular weight excluding hydrogens is 462 g/mol. The maximum absolute atomic E-state index is 13.2. The van der Waals surface area contributed by atoms with Crippen LogP contribution in [0.25, 0.3) is 5.78 Å². The number of carbonyl (C=O) groups excluding carboxylic acids is 2. The molecule has 1 N–H and O–H groups in total. The highest BCUT2D eigenvalue weighted by molar-refractivity contribution is 7.09. The second-order valence-electron chi connectivity index (χ2n) is 9.50. The number of likely N-dealkylation sites (tertiary alicyclic amines) is 1. The van der Waals surface area contributed by atoms with Crippen molar-refractivity contribution >= 4 is 28.9 Å². The Balaban J connectivity index is 1.18. The summed E-state index contributed by atoms with van der Waals surface area (Å²) in [6, 6.07) is 3.94. The summed E-state index contributed by atoms with van der Waals surface area (Å²) in [5.74, 6) is 0.582. The van der Waals surface area contributed by atoms with Crippen LogP contribution in [0.4, 0.5) is 0 Å². The Bertz CT molecular complexity index is 1220. The first-order valence-corrected chi connectivity index (χ1v) is 13.1. The van der Waals surface area contributed by atoms with Crippen LogP contribution in [-0.4, -0.2) is 48.7 Å². The first kappa shape index (κ1) is 23.4. The minimum Gasteiger partial charge on any atom is -0.349 e. The predicted octanol–water partition coefficient (Wildman–Crippen LogP) is 3.54. The van der Waals surface area contributed by atoms with Gasteiger partial charge in [-0.3, -0.25) is 14.0 Å². The standard InChI is InChI=1S/C25H29N7O2S/c1-16-19(4-2-11-32(16)24(34)20-14-31-10-3-9-27-25(31)30-20)23(33)28-13-22-29-21(15-35-22)18-7-5-17(12-26)6-8-18/h3,9-10,14-19H,2,4-8,11,13H2,1H3,(H,28,33)/t16?,17?,18?,19-/m0/s1. The van der Waals surface area contributed by atoms with Gasteiger partial charge in [0.05, 0.1) is 24.2 Å². The molecule has 1 saturated heterocycles. The van der Waals surface area contributed by atoms with E-state index in [4.69, 9.17) is 10.2 Å². The molecule has 1 aliphatic carbocycles. The third kappa shape index (κ3) is 4.91. The number of rotatable bonds is 5. The van der Waals surface area contributed by atoms with Crippen molar-refractivity contribution in [1.82, 2.24) is 29.6 Å². The van der Waals surface area contributed by atoms with E-state index < -0.39 is 0 Å². The van der Waals surface area contributed by atoms with Gasteiger partial charge >= 0.3 is 0 Å². The van der Waals surface area contributed by atoms with Crippen molar-refractivity contribution in [1.29, 1.82) is 5.26 Å². The van der Waals surface area contributed by atoms with Gasteiger partial charge in [0, 0.05) is 48.4 Å². The van der Waals surface area contributed by atoms with Crippen molar-refractivity contribution < 1.29 is 9.59 Å². The van der Waals surface area contributed by atoms with Crippen LogP contribution >= 0.6 is 11.3 Å². The van der Waals surface area contributed by atoms with Crippen LogP contribution in [0, 0.1) is 23.2 Å². The molecule has 9 nitrogen and oxygen atoms in total. The van der Waals surface area contributed by atoms with Crippen LogP contribution in [-0.2, 0) is 11.3 Å². The lowest BCUT2D eigenvalue weighted by atomic mass is 9.81. The third-order valence-corrected chi connectivity index (χ3v) is 8.22. The van der Waals surface area contributed by atoms with Crippen molar-refractivity contribution in [3.8, 4) is 6.07 Å². The van der Waals surface area contributed by atoms with Gasteiger partial charge in [0.25, 0.3) is 5.91 Å². The molecule has 1 unspecified atom stereocenters. The van der Waals surface area contributed by atoms with E-state index in [9.17, 15) is 9.59 Å². The lowest BCUT2D eigenvalue weighted by Crippen LogP contribution is -2.51. The van der Waals surface area contributed by atoms with E-state index in [0.717, 1.165) is 49.2 Å². The molecule has 0 spiro atoms. The van der Waals surface area contributed by atoms with Gasteiger partial charge in [0.1, 0.15) is 10.7 Å². The lowest BCUT2D eigenvalue weighted by molar-refractivity contribution is -0.128. The number of nitrogens with zero attached hydrogens (tertiary/aromatic N) is 6. The van der Waals surface area contributed by atoms with Gasteiger partial charge in [-0.05, 0) is 51.5 Å². The van der Waals surface area contributed by atoms with Crippen LogP contribution in [0.15, 0.2) is 30.0 Å². The zero-order valence-electron chi connectivity index (χ0n) is 19.8. The van der Waals surface area contributed by atoms with Gasteiger partial charge in [0.15, 0.2) is 0 Å². The van der Waals surface area contributed by atoms with Crippen LogP contribution in [0.1, 0.15) is 72.6 Å². The first-order valence-electron chi connectivity index (χ1n) is 12.3. The number of hydrogen-bond acceptors (Lipinski definition) is 7. The summed E-state index contributed by atoms with van der Waals surface area (Å²) in [5, 5.41) is 15.1. The number of nitriles is 1. The Labute approximate surface area is 208 Å². The molecule has 5 rings (SSSR count). The summed E-state index contributed by atoms with van der Waals surface area (Å²) in [6.07, 6.45) is 10.5. The molecule has 3 aromatic heterocycles. The molecule has 35 heavy (non-hydrogen) atoms. The highest BCUT2D eigenvalue weighted by atomic mass is 32.1. The Morgan fingerprint density at radius 3 is 2.83 bits per heavy atom. The second-order valence-corrected chi connectivity index (χ2v) is 10.4. The molecule has 2 aliphatic rings. The number of hydrogen-bond donors (Lipinski definition) is 1. The molecule has 3 aromatic rings. The number of fused-ring (bicyclic) bond motifs is 1. The SMILES string of the molecule is CC1[C@@H](C(=O)NCc2nc(C3CCC(C#N)CC3)cs2)CCCN1C(=O)c1cn2cccnc2n1. The van der Waals surface area contributed by atoms with Crippen molar-refractivity contribution in [2.45, 2.75) is 64.0 Å². The molecule has 2 atom stereocenters. The number of thiazole rings is 1. The molecule has 0 aromatic carbocycles. The summed E-state index contributed by atoms with van der Waals surface area (Å²) in [7, 11) is 0. The number of carbonyl (C=O) groups is 2. The summed E-state index contributed by atoms with van der Waals surface area (Å²) in [5.41, 5.74) is 1.43. The number of imidazole rings is 1. The van der Waals surface area contributed by atoms with Crippen molar-refractivity contribution in [2.75, 3.05) is 6.54 Å². The van der Waals surface area contributed by atoms with Gasteiger partial charge in [0.2, 0.25) is 11.7 Å². The Morgan fingerprint density at radius 1 is 1.23 bits per heavy atom. The highest BCUT2D eigenvalue weighted by Gasteiger charge is 2.36. The second kappa shape index (κ2) is 10.1. The van der Waals surface area contributed by atoms with E-state index in [1.807, 2.05) is 13.1 Å². The van der Waals surface area contributed by atoms with E-state index in [1.165, 1.54) is 0 Å². The van der Waals surface area contributed by atoms with Gasteiger partial charge in [-0.2, -0.15) is 5.26 Å². The molecule has 10 heteroatoms. The number of piperidine rings is 1. The van der Waals surface area contributed by atoms with E-state index in [1.54, 1.807) is 39.1 Å². The van der Waals surface area contributed by atoms with Gasteiger partial charge < -0.3 is 10.2 Å². The molecule has 182 valence electrons. The monoisotopic (exact) mass is 491 g/mol. The fraction of sp³-hybridized carbons (Fsp3) is 0.520. The highest BCUT2D eigenvalue weighted by Crippen LogP contribution is 2.35. The van der Waals surface area contributed by atoms with E-state index in [0.29, 0.717) is 30.5 Å². The minimum absolute atomic E-state index is 0.0436.